The highest BCUT2D eigenvalue weighted by Crippen LogP contribution is 2.19. The van der Waals surface area contributed by atoms with Gasteiger partial charge in [-0.1, -0.05) is 6.92 Å². The molecule has 0 radical (unpaired) electrons. The molecule has 1 aromatic heterocycles. The molecule has 0 aliphatic carbocycles. The number of hydrogen-bond acceptors (Lipinski definition) is 4. The van der Waals surface area contributed by atoms with Crippen LogP contribution in [0, 0.1) is 5.92 Å². The van der Waals surface area contributed by atoms with Gasteiger partial charge < -0.3 is 15.5 Å². The summed E-state index contributed by atoms with van der Waals surface area (Å²) in [6, 6.07) is 0. The number of carbonyl (C=O) groups is 1. The van der Waals surface area contributed by atoms with E-state index >= 15 is 0 Å². The van der Waals surface area contributed by atoms with Gasteiger partial charge in [-0.05, 0) is 32.4 Å². The van der Waals surface area contributed by atoms with Gasteiger partial charge in [0.15, 0.2) is 5.69 Å². The quantitative estimate of drug-likeness (QED) is 0.834. The van der Waals surface area contributed by atoms with Crippen LogP contribution < -0.4 is 5.73 Å². The molecule has 1 atom stereocenters. The average molecular weight is 265 g/mol. The van der Waals surface area contributed by atoms with Gasteiger partial charge in [0.1, 0.15) is 0 Å². The number of nitrogens with zero attached hydrogens (tertiary/aromatic N) is 3. The van der Waals surface area contributed by atoms with Gasteiger partial charge in [0.05, 0.1) is 11.4 Å². The van der Waals surface area contributed by atoms with Crippen molar-refractivity contribution in [1.82, 2.24) is 20.0 Å². The zero-order valence-electron chi connectivity index (χ0n) is 11.9. The number of H-pyrrole nitrogens is 1. The second-order valence-electron chi connectivity index (χ2n) is 5.42. The van der Waals surface area contributed by atoms with Crippen LogP contribution in [-0.2, 0) is 6.42 Å². The van der Waals surface area contributed by atoms with E-state index in [1.165, 1.54) is 0 Å². The summed E-state index contributed by atoms with van der Waals surface area (Å²) in [6.07, 6.45) is 1.90. The molecule has 0 bridgehead atoms. The Morgan fingerprint density at radius 1 is 1.63 bits per heavy atom. The van der Waals surface area contributed by atoms with E-state index in [0.717, 1.165) is 38.2 Å². The Morgan fingerprint density at radius 2 is 2.37 bits per heavy atom. The van der Waals surface area contributed by atoms with Crippen molar-refractivity contribution in [2.45, 2.75) is 19.8 Å². The summed E-state index contributed by atoms with van der Waals surface area (Å²) in [5.74, 6) is 0.452. The third-order valence-electron chi connectivity index (χ3n) is 3.81. The fourth-order valence-corrected chi connectivity index (χ4v) is 2.65. The van der Waals surface area contributed by atoms with Crippen molar-refractivity contribution in [3.63, 3.8) is 0 Å². The Kier molecular flexibility index (Phi) is 4.09. The van der Waals surface area contributed by atoms with Crippen molar-refractivity contribution in [2.24, 2.45) is 5.92 Å². The number of amides is 1. The lowest BCUT2D eigenvalue weighted by Crippen LogP contribution is -2.33. The van der Waals surface area contributed by atoms with E-state index in [2.05, 4.69) is 22.1 Å². The molecule has 1 amide bonds. The van der Waals surface area contributed by atoms with Crippen LogP contribution in [0.2, 0.25) is 0 Å². The molecule has 1 saturated heterocycles. The highest BCUT2D eigenvalue weighted by Gasteiger charge is 2.25. The van der Waals surface area contributed by atoms with Crippen LogP contribution in [0.4, 0.5) is 5.69 Å². The Hall–Kier alpha value is -1.56. The third-order valence-corrected chi connectivity index (χ3v) is 3.81. The third kappa shape index (κ3) is 2.89. The summed E-state index contributed by atoms with van der Waals surface area (Å²) in [5.41, 5.74) is 7.61. The van der Waals surface area contributed by atoms with Crippen molar-refractivity contribution in [1.29, 1.82) is 0 Å². The molecule has 2 rings (SSSR count). The average Bonchev–Trinajstić information content (AvgIpc) is 2.94. The molecule has 1 aliphatic heterocycles. The minimum Gasteiger partial charge on any atom is -0.395 e. The number of nitrogens with one attached hydrogen (secondary N) is 1. The minimum atomic E-state index is -0.0944. The topological polar surface area (TPSA) is 78.2 Å². The molecule has 6 nitrogen and oxygen atoms in total. The standard InChI is InChI=1S/C13H23N5O/c1-4-10-11(14)12(16-15-10)13(19)18(3)8-9-5-6-17(2)7-9/h9H,4-8,14H2,1-3H3,(H,15,16). The van der Waals surface area contributed by atoms with Crippen LogP contribution >= 0.6 is 0 Å². The van der Waals surface area contributed by atoms with Gasteiger partial charge in [-0.25, -0.2) is 0 Å². The molecule has 1 aliphatic rings. The van der Waals surface area contributed by atoms with E-state index in [-0.39, 0.29) is 5.91 Å². The smallest absolute Gasteiger partial charge is 0.276 e. The maximum absolute atomic E-state index is 12.3. The van der Waals surface area contributed by atoms with Crippen molar-refractivity contribution in [2.75, 3.05) is 39.5 Å². The zero-order chi connectivity index (χ0) is 14.0. The summed E-state index contributed by atoms with van der Waals surface area (Å²) in [7, 11) is 3.93. The van der Waals surface area contributed by atoms with Crippen LogP contribution in [0.5, 0.6) is 0 Å². The van der Waals surface area contributed by atoms with Gasteiger partial charge in [0.25, 0.3) is 5.91 Å². The van der Waals surface area contributed by atoms with Gasteiger partial charge in [-0.3, -0.25) is 9.89 Å². The second kappa shape index (κ2) is 5.61. The lowest BCUT2D eigenvalue weighted by Gasteiger charge is -2.20. The number of likely N-dealkylation sites (tertiary alicyclic amines) is 1. The maximum Gasteiger partial charge on any atom is 0.276 e. The van der Waals surface area contributed by atoms with E-state index in [9.17, 15) is 4.79 Å². The summed E-state index contributed by atoms with van der Waals surface area (Å²) < 4.78 is 0. The summed E-state index contributed by atoms with van der Waals surface area (Å²) >= 11 is 0. The predicted octanol–water partition coefficient (Wildman–Crippen LogP) is 0.578. The highest BCUT2D eigenvalue weighted by atomic mass is 16.2. The van der Waals surface area contributed by atoms with Crippen molar-refractivity contribution in [3.8, 4) is 0 Å². The Morgan fingerprint density at radius 3 is 2.89 bits per heavy atom. The largest absolute Gasteiger partial charge is 0.395 e. The first-order valence-electron chi connectivity index (χ1n) is 6.79. The van der Waals surface area contributed by atoms with Crippen molar-refractivity contribution >= 4 is 11.6 Å². The predicted molar refractivity (Wildman–Crippen MR) is 74.9 cm³/mol. The fourth-order valence-electron chi connectivity index (χ4n) is 2.65. The molecule has 0 aromatic carbocycles. The highest BCUT2D eigenvalue weighted by molar-refractivity contribution is 5.97. The SMILES string of the molecule is CCc1[nH]nc(C(=O)N(C)CC2CCN(C)C2)c1N. The molecule has 0 saturated carbocycles. The molecular formula is C13H23N5O. The lowest BCUT2D eigenvalue weighted by molar-refractivity contribution is 0.0769. The molecule has 1 fully saturated rings. The molecule has 6 heteroatoms. The first kappa shape index (κ1) is 13.9. The number of carbonyl (C=O) groups excluding carboxylic acids is 1. The number of hydrogen-bond donors (Lipinski definition) is 2. The summed E-state index contributed by atoms with van der Waals surface area (Å²) in [5, 5.41) is 6.87. The van der Waals surface area contributed by atoms with Gasteiger partial charge in [-0.2, -0.15) is 5.10 Å². The maximum atomic E-state index is 12.3. The molecule has 1 unspecified atom stereocenters. The first-order chi connectivity index (χ1) is 9.02. The zero-order valence-corrected chi connectivity index (χ0v) is 11.9. The van der Waals surface area contributed by atoms with Crippen molar-refractivity contribution < 1.29 is 4.79 Å². The van der Waals surface area contributed by atoms with Gasteiger partial charge in [-0.15, -0.1) is 0 Å². The normalized spacial score (nSPS) is 19.8. The van der Waals surface area contributed by atoms with E-state index in [1.54, 1.807) is 4.90 Å². The first-order valence-corrected chi connectivity index (χ1v) is 6.79. The minimum absolute atomic E-state index is 0.0944. The van der Waals surface area contributed by atoms with Crippen LogP contribution in [0.1, 0.15) is 29.5 Å². The second-order valence-corrected chi connectivity index (χ2v) is 5.42. The van der Waals surface area contributed by atoms with Crippen molar-refractivity contribution in [3.05, 3.63) is 11.4 Å². The molecular weight excluding hydrogens is 242 g/mol. The fraction of sp³-hybridized carbons (Fsp3) is 0.692. The van der Waals surface area contributed by atoms with Crippen LogP contribution in [0.3, 0.4) is 0 Å². The van der Waals surface area contributed by atoms with Crippen LogP contribution in [0.15, 0.2) is 0 Å². The number of aromatic nitrogens is 2. The molecule has 1 aromatic rings. The number of aryl methyl sites for hydroxylation is 1. The monoisotopic (exact) mass is 265 g/mol. The summed E-state index contributed by atoms with van der Waals surface area (Å²) in [6.45, 7) is 4.90. The number of nitrogens with two attached hydrogens (primary N) is 1. The number of anilines is 1. The lowest BCUT2D eigenvalue weighted by atomic mass is 10.1. The Bertz CT molecular complexity index is 456. The molecule has 0 spiro atoms. The van der Waals surface area contributed by atoms with E-state index in [0.29, 0.717) is 17.3 Å². The number of aromatic amines is 1. The van der Waals surface area contributed by atoms with E-state index in [4.69, 9.17) is 5.73 Å². The van der Waals surface area contributed by atoms with Crippen LogP contribution in [0.25, 0.3) is 0 Å². The Balaban J connectivity index is 2.00. The Labute approximate surface area is 113 Å². The molecule has 19 heavy (non-hydrogen) atoms. The summed E-state index contributed by atoms with van der Waals surface area (Å²) in [4.78, 5) is 16.3. The van der Waals surface area contributed by atoms with E-state index < -0.39 is 0 Å². The van der Waals surface area contributed by atoms with Crippen LogP contribution in [-0.4, -0.2) is 59.6 Å². The number of rotatable bonds is 4. The number of nitrogen functional groups attached to an aromatic ring is 1. The molecule has 3 N–H and O–H groups in total. The molecule has 106 valence electrons. The van der Waals surface area contributed by atoms with Gasteiger partial charge in [0.2, 0.25) is 0 Å². The van der Waals surface area contributed by atoms with Gasteiger partial charge in [0, 0.05) is 20.1 Å². The van der Waals surface area contributed by atoms with E-state index in [1.807, 2.05) is 14.0 Å². The molecule has 2 heterocycles. The van der Waals surface area contributed by atoms with Gasteiger partial charge >= 0.3 is 0 Å².